The maximum absolute atomic E-state index is 2.43. The maximum atomic E-state index is 2.43. The summed E-state index contributed by atoms with van der Waals surface area (Å²) in [6.45, 7) is 2.19. The zero-order chi connectivity index (χ0) is 14.8. The number of nitrogens with zero attached hydrogens (tertiary/aromatic N) is 2. The summed E-state index contributed by atoms with van der Waals surface area (Å²) in [5, 5.41) is 5.41. The third-order valence-electron chi connectivity index (χ3n) is 5.29. The molecule has 1 atom stereocenters. The molecule has 0 amide bonds. The normalized spacial score (nSPS) is 19.7. The fraction of sp³-hybridized carbons (Fsp3) is 0.200. The van der Waals surface area contributed by atoms with E-state index < -0.39 is 0 Å². The van der Waals surface area contributed by atoms with Crippen LogP contribution in [0.4, 0.5) is 5.69 Å². The molecule has 1 unspecified atom stereocenters. The molecule has 0 aliphatic carbocycles. The molecule has 2 aliphatic heterocycles. The van der Waals surface area contributed by atoms with Crippen molar-refractivity contribution in [3.05, 3.63) is 66.0 Å². The second kappa shape index (κ2) is 4.04. The van der Waals surface area contributed by atoms with Gasteiger partial charge in [0, 0.05) is 31.1 Å². The molecule has 22 heavy (non-hydrogen) atoms. The first kappa shape index (κ1) is 12.1. The van der Waals surface area contributed by atoms with Gasteiger partial charge >= 0.3 is 0 Å². The van der Waals surface area contributed by atoms with E-state index in [1.54, 1.807) is 0 Å². The van der Waals surface area contributed by atoms with Crippen molar-refractivity contribution in [3.63, 3.8) is 0 Å². The number of hydrogen-bond donors (Lipinski definition) is 0. The van der Waals surface area contributed by atoms with Crippen LogP contribution in [0.5, 0.6) is 0 Å². The summed E-state index contributed by atoms with van der Waals surface area (Å²) in [6.07, 6.45) is 3.82. The molecule has 0 bridgehead atoms. The average Bonchev–Trinajstić information content (AvgIpc) is 3.03. The topological polar surface area (TPSA) is 6.48 Å². The van der Waals surface area contributed by atoms with Gasteiger partial charge < -0.3 is 9.80 Å². The highest BCUT2D eigenvalue weighted by atomic mass is 15.4. The number of allylic oxidation sites excluding steroid dienone is 1. The van der Waals surface area contributed by atoms with E-state index in [1.165, 1.54) is 38.5 Å². The number of rotatable bonds is 0. The van der Waals surface area contributed by atoms with Gasteiger partial charge in [0.25, 0.3) is 0 Å². The Bertz CT molecular complexity index is 954. The van der Waals surface area contributed by atoms with Gasteiger partial charge in [-0.3, -0.25) is 0 Å². The molecule has 0 saturated heterocycles. The Balaban J connectivity index is 1.79. The first-order valence-corrected chi connectivity index (χ1v) is 7.86. The van der Waals surface area contributed by atoms with Crippen molar-refractivity contribution in [2.75, 3.05) is 11.9 Å². The quantitative estimate of drug-likeness (QED) is 0.562. The number of anilines is 1. The van der Waals surface area contributed by atoms with E-state index in [2.05, 4.69) is 78.5 Å². The predicted octanol–water partition coefficient (Wildman–Crippen LogP) is 4.49. The minimum Gasteiger partial charge on any atom is -0.356 e. The highest BCUT2D eigenvalue weighted by Crippen LogP contribution is 2.42. The van der Waals surface area contributed by atoms with E-state index in [0.717, 1.165) is 6.42 Å². The van der Waals surface area contributed by atoms with E-state index in [0.29, 0.717) is 6.17 Å². The second-order valence-electron chi connectivity index (χ2n) is 6.46. The van der Waals surface area contributed by atoms with E-state index >= 15 is 0 Å². The standard InChI is InChI=1S/C20H18N2/c1-13-12-22-19-8-7-16-9-14-5-3-4-6-15(14)10-17(16)18(19)11-20(22)21(13)2/h3-10,12,20H,11H2,1-2H3. The second-order valence-corrected chi connectivity index (χ2v) is 6.46. The van der Waals surface area contributed by atoms with E-state index in [4.69, 9.17) is 0 Å². The lowest BCUT2D eigenvalue weighted by Crippen LogP contribution is -2.34. The average molecular weight is 286 g/mol. The summed E-state index contributed by atoms with van der Waals surface area (Å²) in [4.78, 5) is 4.81. The number of benzene rings is 3. The van der Waals surface area contributed by atoms with Crippen LogP contribution >= 0.6 is 0 Å². The van der Waals surface area contributed by atoms with Gasteiger partial charge in [-0.05, 0) is 52.2 Å². The third-order valence-corrected chi connectivity index (χ3v) is 5.29. The molecular weight excluding hydrogens is 268 g/mol. The maximum Gasteiger partial charge on any atom is 0.109 e. The number of fused-ring (bicyclic) bond motifs is 6. The molecular formula is C20H18N2. The minimum atomic E-state index is 0.451. The van der Waals surface area contributed by atoms with Crippen molar-refractivity contribution in [2.24, 2.45) is 0 Å². The molecule has 5 rings (SSSR count). The van der Waals surface area contributed by atoms with E-state index in [9.17, 15) is 0 Å². The SMILES string of the molecule is CC1=CN2c3ccc4cc5ccccc5cc4c3CC2N1C. The lowest BCUT2D eigenvalue weighted by atomic mass is 9.98. The Morgan fingerprint density at radius 3 is 2.55 bits per heavy atom. The molecule has 108 valence electrons. The van der Waals surface area contributed by atoms with Crippen LogP contribution in [0.3, 0.4) is 0 Å². The van der Waals surface area contributed by atoms with Gasteiger partial charge in [-0.25, -0.2) is 0 Å². The molecule has 0 radical (unpaired) electrons. The lowest BCUT2D eigenvalue weighted by Gasteiger charge is -2.24. The van der Waals surface area contributed by atoms with Crippen LogP contribution in [0.1, 0.15) is 12.5 Å². The molecule has 3 aromatic rings. The fourth-order valence-corrected chi connectivity index (χ4v) is 3.97. The van der Waals surface area contributed by atoms with Crippen molar-refractivity contribution in [1.82, 2.24) is 4.90 Å². The largest absolute Gasteiger partial charge is 0.356 e. The van der Waals surface area contributed by atoms with E-state index in [1.807, 2.05) is 0 Å². The number of likely N-dealkylation sites (N-methyl/N-ethyl adjacent to an activating group) is 1. The van der Waals surface area contributed by atoms with Gasteiger partial charge in [0.2, 0.25) is 0 Å². The highest BCUT2D eigenvalue weighted by molar-refractivity contribution is 6.02. The van der Waals surface area contributed by atoms with Gasteiger partial charge in [-0.1, -0.05) is 30.3 Å². The molecule has 0 N–H and O–H groups in total. The summed E-state index contributed by atoms with van der Waals surface area (Å²) in [7, 11) is 2.19. The summed E-state index contributed by atoms with van der Waals surface area (Å²) in [6, 6.07) is 17.9. The molecule has 0 fully saturated rings. The smallest absolute Gasteiger partial charge is 0.109 e. The van der Waals surface area contributed by atoms with Crippen molar-refractivity contribution in [3.8, 4) is 0 Å². The first-order valence-electron chi connectivity index (χ1n) is 7.86. The zero-order valence-electron chi connectivity index (χ0n) is 12.9. The van der Waals surface area contributed by atoms with Gasteiger partial charge in [0.1, 0.15) is 6.17 Å². The summed E-state index contributed by atoms with van der Waals surface area (Å²) in [5.74, 6) is 0. The van der Waals surface area contributed by atoms with Crippen molar-refractivity contribution < 1.29 is 0 Å². The van der Waals surface area contributed by atoms with Gasteiger partial charge in [0.15, 0.2) is 0 Å². The molecule has 0 spiro atoms. The first-order chi connectivity index (χ1) is 10.7. The van der Waals surface area contributed by atoms with Crippen molar-refractivity contribution in [2.45, 2.75) is 19.5 Å². The molecule has 0 aromatic heterocycles. The monoisotopic (exact) mass is 286 g/mol. The van der Waals surface area contributed by atoms with E-state index in [-0.39, 0.29) is 0 Å². The molecule has 0 saturated carbocycles. The molecule has 2 heterocycles. The Morgan fingerprint density at radius 2 is 1.73 bits per heavy atom. The minimum absolute atomic E-state index is 0.451. The predicted molar refractivity (Wildman–Crippen MR) is 92.9 cm³/mol. The third kappa shape index (κ3) is 1.45. The van der Waals surface area contributed by atoms with Gasteiger partial charge in [0.05, 0.1) is 0 Å². The van der Waals surface area contributed by atoms with Crippen LogP contribution in [0.2, 0.25) is 0 Å². The highest BCUT2D eigenvalue weighted by Gasteiger charge is 2.36. The fourth-order valence-electron chi connectivity index (χ4n) is 3.97. The Hall–Kier alpha value is -2.48. The summed E-state index contributed by atoms with van der Waals surface area (Å²) >= 11 is 0. The van der Waals surface area contributed by atoms with Crippen LogP contribution < -0.4 is 4.90 Å². The summed E-state index contributed by atoms with van der Waals surface area (Å²) in [5.41, 5.74) is 4.20. The lowest BCUT2D eigenvalue weighted by molar-refractivity contribution is 0.344. The van der Waals surface area contributed by atoms with Crippen LogP contribution in [-0.4, -0.2) is 18.1 Å². The van der Waals surface area contributed by atoms with Crippen LogP contribution in [-0.2, 0) is 6.42 Å². The molecule has 2 nitrogen and oxygen atoms in total. The van der Waals surface area contributed by atoms with Crippen molar-refractivity contribution >= 4 is 27.2 Å². The Kier molecular flexibility index (Phi) is 2.22. The molecule has 2 heteroatoms. The van der Waals surface area contributed by atoms with Gasteiger partial charge in [-0.15, -0.1) is 0 Å². The number of hydrogen-bond acceptors (Lipinski definition) is 2. The van der Waals surface area contributed by atoms with Crippen LogP contribution in [0.15, 0.2) is 60.4 Å². The Morgan fingerprint density at radius 1 is 0.955 bits per heavy atom. The zero-order valence-corrected chi connectivity index (χ0v) is 12.9. The summed E-state index contributed by atoms with van der Waals surface area (Å²) < 4.78 is 0. The Labute approximate surface area is 130 Å². The van der Waals surface area contributed by atoms with Crippen LogP contribution in [0, 0.1) is 0 Å². The molecule has 3 aromatic carbocycles. The van der Waals surface area contributed by atoms with Crippen molar-refractivity contribution in [1.29, 1.82) is 0 Å². The molecule has 2 aliphatic rings. The van der Waals surface area contributed by atoms with Gasteiger partial charge in [-0.2, -0.15) is 0 Å². The van der Waals surface area contributed by atoms with Crippen LogP contribution in [0.25, 0.3) is 21.5 Å².